The zero-order chi connectivity index (χ0) is 24.0. The second-order valence-corrected chi connectivity index (χ2v) is 13.1. The van der Waals surface area contributed by atoms with Gasteiger partial charge in [0.25, 0.3) is 0 Å². The van der Waals surface area contributed by atoms with Crippen LogP contribution in [0.4, 0.5) is 0 Å². The van der Waals surface area contributed by atoms with Crippen LogP contribution in [0.2, 0.25) is 0 Å². The number of carbonyl (C=O) groups is 1. The van der Waals surface area contributed by atoms with Gasteiger partial charge in [-0.15, -0.1) is 0 Å². The van der Waals surface area contributed by atoms with Gasteiger partial charge in [-0.1, -0.05) is 60.0 Å². The van der Waals surface area contributed by atoms with Crippen LogP contribution in [0.25, 0.3) is 0 Å². The van der Waals surface area contributed by atoms with Gasteiger partial charge in [-0.3, -0.25) is 4.79 Å². The van der Waals surface area contributed by atoms with Crippen molar-refractivity contribution < 1.29 is 14.3 Å². The number of hydrogen-bond acceptors (Lipinski definition) is 3. The number of hydrogen-bond donors (Lipinski definition) is 0. The first-order chi connectivity index (χ1) is 15.6. The largest absolute Gasteiger partial charge is 0.455 e. The zero-order valence-electron chi connectivity index (χ0n) is 22.5. The van der Waals surface area contributed by atoms with Gasteiger partial charge in [-0.2, -0.15) is 0 Å². The summed E-state index contributed by atoms with van der Waals surface area (Å²) in [5.74, 6) is 4.76. The third-order valence-electron chi connectivity index (χ3n) is 10.9. The van der Waals surface area contributed by atoms with E-state index in [0.29, 0.717) is 5.41 Å². The van der Waals surface area contributed by atoms with E-state index in [2.05, 4.69) is 40.7 Å². The molecule has 3 heteroatoms. The molecule has 4 rings (SSSR count). The molecule has 3 nitrogen and oxygen atoms in total. The van der Waals surface area contributed by atoms with E-state index in [1.807, 2.05) is 0 Å². The molecule has 4 aliphatic rings. The maximum atomic E-state index is 11.9. The van der Waals surface area contributed by atoms with E-state index in [1.54, 1.807) is 7.11 Å². The average Bonchev–Trinajstić information content (AvgIpc) is 3.10. The molecule has 188 valence electrons. The molecule has 0 saturated heterocycles. The molecule has 3 fully saturated rings. The fourth-order valence-corrected chi connectivity index (χ4v) is 9.27. The van der Waals surface area contributed by atoms with E-state index in [0.717, 1.165) is 48.3 Å². The highest BCUT2D eigenvalue weighted by Gasteiger charge is 2.60. The minimum absolute atomic E-state index is 0.00109. The summed E-state index contributed by atoms with van der Waals surface area (Å²) < 4.78 is 11.7. The van der Waals surface area contributed by atoms with E-state index >= 15 is 0 Å². The second-order valence-electron chi connectivity index (χ2n) is 13.1. The van der Waals surface area contributed by atoms with Gasteiger partial charge in [0.1, 0.15) is 6.10 Å². The Balaban J connectivity index is 1.54. The molecule has 0 N–H and O–H groups in total. The molecule has 9 atom stereocenters. The molecule has 0 aromatic rings. The van der Waals surface area contributed by atoms with Gasteiger partial charge in [-0.05, 0) is 96.9 Å². The average molecular weight is 459 g/mol. The molecule has 0 radical (unpaired) electrons. The molecule has 0 spiro atoms. The van der Waals surface area contributed by atoms with Crippen molar-refractivity contribution in [3.63, 3.8) is 0 Å². The van der Waals surface area contributed by atoms with Crippen LogP contribution in [-0.4, -0.2) is 25.3 Å². The number of methoxy groups -OCH3 is 1. The van der Waals surface area contributed by atoms with E-state index in [1.165, 1.54) is 63.9 Å². The van der Waals surface area contributed by atoms with Gasteiger partial charge >= 0.3 is 5.97 Å². The first kappa shape index (κ1) is 25.3. The third kappa shape index (κ3) is 4.45. The quantitative estimate of drug-likeness (QED) is 0.291. The van der Waals surface area contributed by atoms with Crippen LogP contribution in [0, 0.1) is 46.3 Å². The molecular weight excluding hydrogens is 408 g/mol. The topological polar surface area (TPSA) is 35.5 Å². The van der Waals surface area contributed by atoms with Crippen LogP contribution in [0.15, 0.2) is 11.6 Å². The summed E-state index contributed by atoms with van der Waals surface area (Å²) in [6.45, 7) is 14.0. The van der Waals surface area contributed by atoms with Crippen LogP contribution >= 0.6 is 0 Å². The maximum absolute atomic E-state index is 11.9. The van der Waals surface area contributed by atoms with Gasteiger partial charge in [-0.25, -0.2) is 0 Å². The summed E-state index contributed by atoms with van der Waals surface area (Å²) in [4.78, 5) is 11.9. The Labute approximate surface area is 203 Å². The highest BCUT2D eigenvalue weighted by molar-refractivity contribution is 5.66. The molecular formula is C30H50O3. The fourth-order valence-electron chi connectivity index (χ4n) is 9.27. The molecule has 0 aromatic carbocycles. The lowest BCUT2D eigenvalue weighted by Gasteiger charge is -2.59. The van der Waals surface area contributed by atoms with Crippen molar-refractivity contribution >= 4 is 5.97 Å². The van der Waals surface area contributed by atoms with Crippen LogP contribution in [0.1, 0.15) is 106 Å². The van der Waals surface area contributed by atoms with Crippen molar-refractivity contribution in [2.45, 2.75) is 118 Å². The first-order valence-corrected chi connectivity index (χ1v) is 14.0. The van der Waals surface area contributed by atoms with Gasteiger partial charge in [0.2, 0.25) is 0 Å². The van der Waals surface area contributed by atoms with Crippen molar-refractivity contribution in [3.05, 3.63) is 11.6 Å². The Hall–Kier alpha value is -0.830. The molecule has 4 aliphatic carbocycles. The standard InChI is InChI=1S/C30H50O3/c1-19(2)9-8-10-20(3)23-13-14-24-22-11-12-26-28(33-21(4)31)27(32-7)16-18-30(26,6)25(22)15-17-29(23,24)5/h12,19-20,22-25,27-28H,8-11,13-18H2,1-7H3/t20-,22+,23-,24+,25+,27+,28-,29-,30-/m1/s1. The Morgan fingerprint density at radius 3 is 2.48 bits per heavy atom. The third-order valence-corrected chi connectivity index (χ3v) is 10.9. The predicted octanol–water partition coefficient (Wildman–Crippen LogP) is 7.58. The maximum Gasteiger partial charge on any atom is 0.303 e. The number of ether oxygens (including phenoxy) is 2. The van der Waals surface area contributed by atoms with Crippen LogP contribution in [0.3, 0.4) is 0 Å². The Bertz CT molecular complexity index is 741. The SMILES string of the molecule is CO[C@H]1CC[C@@]2(C)C(=CC[C@H]3[C@@H]4CC[C@H]([C@H](C)CCCC(C)C)[C@@]4(C)CC[C@@H]32)[C@H]1OC(C)=O. The Kier molecular flexibility index (Phi) is 7.40. The molecule has 0 aromatic heterocycles. The monoisotopic (exact) mass is 458 g/mol. The zero-order valence-corrected chi connectivity index (χ0v) is 22.5. The van der Waals surface area contributed by atoms with Gasteiger partial charge < -0.3 is 9.47 Å². The Morgan fingerprint density at radius 2 is 1.82 bits per heavy atom. The van der Waals surface area contributed by atoms with Crippen molar-refractivity contribution in [1.82, 2.24) is 0 Å². The lowest BCUT2D eigenvalue weighted by molar-refractivity contribution is -0.157. The summed E-state index contributed by atoms with van der Waals surface area (Å²) in [7, 11) is 1.77. The fraction of sp³-hybridized carbons (Fsp3) is 0.900. The second kappa shape index (κ2) is 9.67. The van der Waals surface area contributed by atoms with Crippen LogP contribution < -0.4 is 0 Å². The number of rotatable bonds is 7. The van der Waals surface area contributed by atoms with Crippen LogP contribution in [-0.2, 0) is 14.3 Å². The van der Waals surface area contributed by atoms with Gasteiger partial charge in [0.05, 0.1) is 6.10 Å². The highest BCUT2D eigenvalue weighted by Crippen LogP contribution is 2.67. The lowest BCUT2D eigenvalue weighted by Crippen LogP contribution is -2.54. The molecule has 0 heterocycles. The first-order valence-electron chi connectivity index (χ1n) is 14.0. The predicted molar refractivity (Wildman–Crippen MR) is 135 cm³/mol. The number of fused-ring (bicyclic) bond motifs is 5. The minimum atomic E-state index is -0.196. The normalized spacial score (nSPS) is 43.3. The van der Waals surface area contributed by atoms with E-state index in [4.69, 9.17) is 9.47 Å². The van der Waals surface area contributed by atoms with Gasteiger partial charge in [0, 0.05) is 14.0 Å². The summed E-state index contributed by atoms with van der Waals surface area (Å²) in [5.41, 5.74) is 2.04. The lowest BCUT2D eigenvalue weighted by atomic mass is 9.46. The number of esters is 1. The summed E-state index contributed by atoms with van der Waals surface area (Å²) in [6.07, 6.45) is 15.4. The molecule has 0 unspecified atom stereocenters. The number of carbonyl (C=O) groups excluding carboxylic acids is 1. The van der Waals surface area contributed by atoms with Crippen molar-refractivity contribution in [2.24, 2.45) is 46.3 Å². The number of allylic oxidation sites excluding steroid dienone is 1. The summed E-state index contributed by atoms with van der Waals surface area (Å²) in [6, 6.07) is 0. The van der Waals surface area contributed by atoms with Crippen molar-refractivity contribution in [3.8, 4) is 0 Å². The molecule has 0 aliphatic heterocycles. The van der Waals surface area contributed by atoms with Crippen molar-refractivity contribution in [1.29, 1.82) is 0 Å². The van der Waals surface area contributed by atoms with Crippen LogP contribution in [0.5, 0.6) is 0 Å². The molecule has 0 bridgehead atoms. The summed E-state index contributed by atoms with van der Waals surface area (Å²) >= 11 is 0. The highest BCUT2D eigenvalue weighted by atomic mass is 16.6. The smallest absolute Gasteiger partial charge is 0.303 e. The van der Waals surface area contributed by atoms with E-state index < -0.39 is 0 Å². The minimum Gasteiger partial charge on any atom is -0.455 e. The van der Waals surface area contributed by atoms with Crippen molar-refractivity contribution in [2.75, 3.05) is 7.11 Å². The molecule has 3 saturated carbocycles. The summed E-state index contributed by atoms with van der Waals surface area (Å²) in [5, 5.41) is 0. The Morgan fingerprint density at radius 1 is 1.06 bits per heavy atom. The van der Waals surface area contributed by atoms with E-state index in [9.17, 15) is 4.79 Å². The molecule has 33 heavy (non-hydrogen) atoms. The van der Waals surface area contributed by atoms with Gasteiger partial charge in [0.15, 0.2) is 0 Å². The van der Waals surface area contributed by atoms with E-state index in [-0.39, 0.29) is 23.6 Å². The molecule has 0 amide bonds.